The summed E-state index contributed by atoms with van der Waals surface area (Å²) in [6.45, 7) is 54.5. The van der Waals surface area contributed by atoms with Crippen molar-refractivity contribution in [3.05, 3.63) is 209 Å². The van der Waals surface area contributed by atoms with E-state index >= 15 is 0 Å². The minimum absolute atomic E-state index is 0.00606. The first-order valence-corrected chi connectivity index (χ1v) is 41.2. The van der Waals surface area contributed by atoms with Gasteiger partial charge in [0.25, 0.3) is 0 Å². The van der Waals surface area contributed by atoms with E-state index in [0.717, 1.165) is 67.3 Å². The Bertz CT molecular complexity index is 5200. The fraction of sp³-hybridized carbons (Fsp3) is 0.464. The quantitative estimate of drug-likeness (QED) is 0.0178. The topological polar surface area (TPSA) is 336 Å². The molecule has 8 aromatic rings. The minimum atomic E-state index is -0.983. The van der Waals surface area contributed by atoms with Gasteiger partial charge in [-0.25, -0.2) is 14.4 Å². The number of hydrogen-bond acceptors (Lipinski definition) is 23. The molecule has 0 aliphatic heterocycles. The molecule has 4 aromatic carbocycles. The Morgan fingerprint density at radius 1 is 0.347 bits per heavy atom. The monoisotopic (exact) mass is 1700 g/mol. The normalized spacial score (nSPS) is 13.2. The van der Waals surface area contributed by atoms with Gasteiger partial charge >= 0.3 is 24.4 Å². The minimum Gasteiger partial charge on any atom is -0.451 e. The first-order valence-electron chi connectivity index (χ1n) is 41.2. The van der Waals surface area contributed by atoms with E-state index in [0.29, 0.717) is 91.9 Å². The van der Waals surface area contributed by atoms with E-state index in [1.54, 1.807) is 88.3 Å². The second-order valence-corrected chi connectivity index (χ2v) is 34.2. The standard InChI is InChI=1S/C25H33N3O4.C25H33N3O3.C24H31N3O4.C23H29N3O4/c1-15(2)30-24(29)32-18(5)31-23(22-16(3)17(4)27-28(22)9)21(14-26)19-10-12-20(13-11-19)25(6,7)8;1-9-10-22(29)30-18(4)31-24(23-16(2)17(3)27-28(23)8)21(15-26)19-11-13-20(14-12-19)25(5,6)7;1-9-29-23(28)31-17(4)30-22(21-15(2)16(3)26-27(21)8)20(14-25)18-10-12-19(13-11-18)24(5,6)7;1-14-15(2)25-26(7)20(14)21(29-16(3)30-22(27)28-8)19(13-24)17-9-11-18(12-10-17)23(4,5)6/h10-13,15,18H,1-9H3;11-14,18H,9-10H2,1-8H3;10-13,17H,9H2,1-8H3;9-12,16H,1-8H3/b23-21-;24-21-;22-20-;21-19-. The third-order valence-corrected chi connectivity index (χ3v) is 19.9. The van der Waals surface area contributed by atoms with Gasteiger partial charge in [0.15, 0.2) is 23.0 Å². The van der Waals surface area contributed by atoms with Gasteiger partial charge < -0.3 is 52.1 Å². The number of allylic oxidation sites excluding steroid dienone is 4. The summed E-state index contributed by atoms with van der Waals surface area (Å²) in [6.07, 6.45) is -5.62. The lowest BCUT2D eigenvalue weighted by molar-refractivity contribution is -0.164. The van der Waals surface area contributed by atoms with Crippen molar-refractivity contribution in [2.24, 2.45) is 28.2 Å². The molecule has 8 rings (SSSR count). The Morgan fingerprint density at radius 3 is 0.758 bits per heavy atom. The Hall–Kier alpha value is -12.9. The van der Waals surface area contributed by atoms with Crippen LogP contribution in [0, 0.1) is 101 Å². The van der Waals surface area contributed by atoms with Crippen LogP contribution in [-0.4, -0.2) is 109 Å². The number of aryl methyl sites for hydroxylation is 8. The van der Waals surface area contributed by atoms with Gasteiger partial charge in [-0.15, -0.1) is 0 Å². The van der Waals surface area contributed by atoms with Crippen LogP contribution in [0.4, 0.5) is 14.4 Å². The van der Waals surface area contributed by atoms with Crippen molar-refractivity contribution in [3.8, 4) is 24.3 Å². The van der Waals surface area contributed by atoms with Crippen LogP contribution in [0.25, 0.3) is 45.3 Å². The van der Waals surface area contributed by atoms with E-state index in [1.807, 2.05) is 166 Å². The highest BCUT2D eigenvalue weighted by Crippen LogP contribution is 2.39. The lowest BCUT2D eigenvalue weighted by Gasteiger charge is -2.21. The molecular formula is C97H126N12O15. The summed E-state index contributed by atoms with van der Waals surface area (Å²) < 4.78 is 66.1. The Kier molecular flexibility index (Phi) is 36.3. The van der Waals surface area contributed by atoms with E-state index in [4.69, 9.17) is 47.4 Å². The van der Waals surface area contributed by atoms with Gasteiger partial charge in [-0.1, -0.05) is 187 Å². The highest BCUT2D eigenvalue weighted by atomic mass is 16.8. The molecule has 27 nitrogen and oxygen atoms in total. The number of aromatic nitrogens is 8. The number of esters is 1. The smallest absolute Gasteiger partial charge is 0.451 e. The summed E-state index contributed by atoms with van der Waals surface area (Å²) in [5, 5.41) is 58.1. The highest BCUT2D eigenvalue weighted by molar-refractivity contribution is 5.98. The first kappa shape index (κ1) is 102. The fourth-order valence-corrected chi connectivity index (χ4v) is 12.8. The second kappa shape index (κ2) is 44.3. The number of hydrogen-bond donors (Lipinski definition) is 0. The number of carbonyl (C=O) groups is 4. The van der Waals surface area contributed by atoms with Crippen LogP contribution in [0.5, 0.6) is 0 Å². The van der Waals surface area contributed by atoms with Crippen LogP contribution in [0.2, 0.25) is 0 Å². The molecule has 0 aliphatic rings. The van der Waals surface area contributed by atoms with E-state index in [2.05, 4.69) is 132 Å². The number of ether oxygens (including phenoxy) is 11. The fourth-order valence-electron chi connectivity index (χ4n) is 12.8. The van der Waals surface area contributed by atoms with Gasteiger partial charge in [0.05, 0.1) is 42.6 Å². The van der Waals surface area contributed by atoms with Crippen molar-refractivity contribution < 1.29 is 71.3 Å². The molecule has 4 heterocycles. The van der Waals surface area contributed by atoms with Crippen LogP contribution in [0.3, 0.4) is 0 Å². The van der Waals surface area contributed by atoms with Crippen molar-refractivity contribution in [2.45, 2.75) is 260 Å². The number of rotatable bonds is 24. The summed E-state index contributed by atoms with van der Waals surface area (Å²) >= 11 is 0. The van der Waals surface area contributed by atoms with Crippen molar-refractivity contribution in [1.29, 1.82) is 21.0 Å². The maximum Gasteiger partial charge on any atom is 0.511 e. The third kappa shape index (κ3) is 27.6. The molecule has 0 spiro atoms. The molecular weight excluding hydrogens is 1570 g/mol. The number of benzene rings is 4. The molecule has 0 bridgehead atoms. The van der Waals surface area contributed by atoms with E-state index < -0.39 is 43.6 Å². The summed E-state index contributed by atoms with van der Waals surface area (Å²) in [5.74, 6) is 0.895. The van der Waals surface area contributed by atoms with Gasteiger partial charge in [-0.3, -0.25) is 23.5 Å². The number of nitrogens with zero attached hydrogens (tertiary/aromatic N) is 12. The first-order chi connectivity index (χ1) is 57.8. The van der Waals surface area contributed by atoms with Crippen molar-refractivity contribution >= 4 is 69.8 Å². The average molecular weight is 1700 g/mol. The molecule has 0 amide bonds. The van der Waals surface area contributed by atoms with Crippen LogP contribution >= 0.6 is 0 Å². The zero-order valence-electron chi connectivity index (χ0n) is 78.7. The second-order valence-electron chi connectivity index (χ2n) is 34.2. The van der Waals surface area contributed by atoms with Gasteiger partial charge in [-0.2, -0.15) is 41.4 Å². The Labute approximate surface area is 732 Å². The van der Waals surface area contributed by atoms with Crippen LogP contribution in [0.15, 0.2) is 97.1 Å². The van der Waals surface area contributed by atoms with Gasteiger partial charge in [0, 0.05) is 84.6 Å². The largest absolute Gasteiger partial charge is 0.511 e. The molecule has 664 valence electrons. The molecule has 4 atom stereocenters. The van der Waals surface area contributed by atoms with Gasteiger partial charge in [-0.05, 0) is 149 Å². The van der Waals surface area contributed by atoms with Gasteiger partial charge in [0.1, 0.15) is 69.3 Å². The van der Waals surface area contributed by atoms with Crippen LogP contribution in [0.1, 0.15) is 264 Å². The zero-order chi connectivity index (χ0) is 93.5. The maximum absolute atomic E-state index is 11.9. The van der Waals surface area contributed by atoms with Crippen LogP contribution < -0.4 is 0 Å². The van der Waals surface area contributed by atoms with E-state index in [9.17, 15) is 40.2 Å². The van der Waals surface area contributed by atoms with E-state index in [1.165, 1.54) is 12.7 Å². The predicted octanol–water partition coefficient (Wildman–Crippen LogP) is 21.2. The molecule has 27 heteroatoms. The molecule has 4 aromatic heterocycles. The van der Waals surface area contributed by atoms with Crippen molar-refractivity contribution in [2.75, 3.05) is 13.7 Å². The van der Waals surface area contributed by atoms with Gasteiger partial charge in [0.2, 0.25) is 25.2 Å². The summed E-state index contributed by atoms with van der Waals surface area (Å²) in [5.41, 5.74) is 18.2. The molecule has 0 radical (unpaired) electrons. The SMILES string of the molecule is CCCC(=O)OC(C)O/C(=C(/C#N)c1ccc(C(C)(C)C)cc1)c1c(C)c(C)nn1C.CCOC(=O)OC(C)O/C(=C(/C#N)c1ccc(C(C)(C)C)cc1)c1c(C)c(C)nn1C.COC(=O)OC(C)O/C(=C(/C#N)c1ccc(C(C)(C)C)cc1)c1c(C)c(C)nn1C.Cc1nn(C)c(/C(OC(C)OC(=O)OC(C)C)=C(\C#N)c2ccc(C(C)(C)C)cc2)c1C. The molecule has 4 unspecified atom stereocenters. The Morgan fingerprint density at radius 2 is 0.573 bits per heavy atom. The third-order valence-electron chi connectivity index (χ3n) is 19.9. The molecule has 0 saturated carbocycles. The molecule has 0 fully saturated rings. The average Bonchev–Trinajstić information content (AvgIpc) is 1.60. The highest BCUT2D eigenvalue weighted by Gasteiger charge is 2.31. The Balaban J connectivity index is 0.000000294. The van der Waals surface area contributed by atoms with E-state index in [-0.39, 0.29) is 46.1 Å². The molecule has 0 N–H and O–H groups in total. The maximum atomic E-state index is 11.9. The van der Waals surface area contributed by atoms with Crippen molar-refractivity contribution in [1.82, 2.24) is 39.1 Å². The molecule has 0 saturated heterocycles. The summed E-state index contributed by atoms with van der Waals surface area (Å²) in [7, 11) is 8.38. The summed E-state index contributed by atoms with van der Waals surface area (Å²) in [6, 6.07) is 40.4. The summed E-state index contributed by atoms with van der Waals surface area (Å²) in [4.78, 5) is 47.1. The lowest BCUT2D eigenvalue weighted by atomic mass is 9.86. The molecule has 0 aliphatic carbocycles. The predicted molar refractivity (Wildman–Crippen MR) is 478 cm³/mol. The lowest BCUT2D eigenvalue weighted by Crippen LogP contribution is -2.22. The zero-order valence-corrected chi connectivity index (χ0v) is 78.7. The van der Waals surface area contributed by atoms with Crippen molar-refractivity contribution in [3.63, 3.8) is 0 Å². The molecule has 124 heavy (non-hydrogen) atoms. The number of nitriles is 4. The van der Waals surface area contributed by atoms with Crippen LogP contribution in [-0.2, 0) is 107 Å². The number of methoxy groups -OCH3 is 1. The number of carbonyl (C=O) groups excluding carboxylic acids is 4.